The Labute approximate surface area is 359 Å². The van der Waals surface area contributed by atoms with E-state index in [0.717, 1.165) is 23.5 Å². The summed E-state index contributed by atoms with van der Waals surface area (Å²) in [7, 11) is 0. The summed E-state index contributed by atoms with van der Waals surface area (Å²) in [6.45, 7) is 5.92. The second-order valence-corrected chi connectivity index (χ2v) is 17.1. The van der Waals surface area contributed by atoms with Gasteiger partial charge in [0, 0.05) is 49.1 Å². The van der Waals surface area contributed by atoms with Gasteiger partial charge in [-0.1, -0.05) is 23.2 Å². The molecule has 0 aromatic heterocycles. The Kier molecular flexibility index (Phi) is 16.5. The Morgan fingerprint density at radius 1 is 0.559 bits per heavy atom. The SMILES string of the molecule is CC(C)(Oc1ccc(NC(=O)c2ccc(Cl)cc2)cc1)C(=O)NC(CSCSCC(NC(=O)C(C)(C)Oc1ccc(NC(=O)c2ccc(Cl)cc2)cc1)C(=O)O)C(=O)O. The lowest BCUT2D eigenvalue weighted by atomic mass is 10.1. The van der Waals surface area contributed by atoms with Crippen LogP contribution in [-0.4, -0.2) is 85.7 Å². The molecule has 0 fully saturated rings. The van der Waals surface area contributed by atoms with Crippen molar-refractivity contribution in [2.45, 2.75) is 51.0 Å². The topological polar surface area (TPSA) is 209 Å². The van der Waals surface area contributed by atoms with Gasteiger partial charge in [-0.25, -0.2) is 9.59 Å². The lowest BCUT2D eigenvalue weighted by Gasteiger charge is -2.27. The third kappa shape index (κ3) is 14.4. The van der Waals surface area contributed by atoms with Crippen LogP contribution in [0.3, 0.4) is 0 Å². The second-order valence-electron chi connectivity index (χ2n) is 13.8. The van der Waals surface area contributed by atoms with Gasteiger partial charge in [0.25, 0.3) is 23.6 Å². The number of hydrogen-bond donors (Lipinski definition) is 6. The molecule has 2 unspecified atom stereocenters. The fraction of sp³-hybridized carbons (Fsp3) is 0.268. The Hall–Kier alpha value is -5.42. The number of amides is 4. The first-order valence-electron chi connectivity index (χ1n) is 17.8. The van der Waals surface area contributed by atoms with Crippen LogP contribution in [0.15, 0.2) is 97.1 Å². The van der Waals surface area contributed by atoms with Crippen molar-refractivity contribution < 1.29 is 48.5 Å². The van der Waals surface area contributed by atoms with Gasteiger partial charge in [0.05, 0.1) is 0 Å². The number of carbonyl (C=O) groups is 6. The number of aliphatic carboxylic acids is 2. The molecule has 6 N–H and O–H groups in total. The molecule has 312 valence electrons. The van der Waals surface area contributed by atoms with Crippen LogP contribution in [0.5, 0.6) is 11.5 Å². The van der Waals surface area contributed by atoms with Gasteiger partial charge in [-0.05, 0) is 125 Å². The molecule has 2 atom stereocenters. The predicted molar refractivity (Wildman–Crippen MR) is 230 cm³/mol. The van der Waals surface area contributed by atoms with Gasteiger partial charge in [-0.15, -0.1) is 23.5 Å². The summed E-state index contributed by atoms with van der Waals surface area (Å²) >= 11 is 14.1. The Bertz CT molecular complexity index is 1970. The molecule has 0 heterocycles. The zero-order valence-corrected chi connectivity index (χ0v) is 35.4. The first kappa shape index (κ1) is 46.3. The second kappa shape index (κ2) is 21.0. The maximum absolute atomic E-state index is 13.1. The molecule has 0 saturated heterocycles. The summed E-state index contributed by atoms with van der Waals surface area (Å²) in [6, 6.07) is 22.8. The third-order valence-corrected chi connectivity index (χ3v) is 11.2. The van der Waals surface area contributed by atoms with Gasteiger partial charge >= 0.3 is 11.9 Å². The highest BCUT2D eigenvalue weighted by Gasteiger charge is 2.35. The van der Waals surface area contributed by atoms with Crippen molar-refractivity contribution >= 4 is 93.7 Å². The summed E-state index contributed by atoms with van der Waals surface area (Å²) in [5, 5.41) is 31.3. The monoisotopic (exact) mass is 884 g/mol. The van der Waals surface area contributed by atoms with Crippen molar-refractivity contribution in [1.82, 2.24) is 10.6 Å². The van der Waals surface area contributed by atoms with Crippen molar-refractivity contribution in [2.24, 2.45) is 0 Å². The van der Waals surface area contributed by atoms with Crippen LogP contribution in [-0.2, 0) is 19.2 Å². The largest absolute Gasteiger partial charge is 0.480 e. The summed E-state index contributed by atoms with van der Waals surface area (Å²) < 4.78 is 11.7. The normalized spacial score (nSPS) is 12.3. The van der Waals surface area contributed by atoms with Gasteiger partial charge < -0.3 is 41.0 Å². The molecule has 4 amide bonds. The molecule has 59 heavy (non-hydrogen) atoms. The Balaban J connectivity index is 1.20. The van der Waals surface area contributed by atoms with Gasteiger partial charge in [0.2, 0.25) is 0 Å². The zero-order valence-electron chi connectivity index (χ0n) is 32.2. The summed E-state index contributed by atoms with van der Waals surface area (Å²) in [5.74, 6) is -4.09. The van der Waals surface area contributed by atoms with E-state index in [0.29, 0.717) is 44.0 Å². The lowest BCUT2D eigenvalue weighted by Crippen LogP contribution is -2.53. The number of carbonyl (C=O) groups excluding carboxylic acids is 4. The van der Waals surface area contributed by atoms with Crippen LogP contribution in [0.2, 0.25) is 10.0 Å². The van der Waals surface area contributed by atoms with E-state index in [1.165, 1.54) is 27.7 Å². The van der Waals surface area contributed by atoms with Crippen molar-refractivity contribution in [2.75, 3.05) is 27.2 Å². The highest BCUT2D eigenvalue weighted by atomic mass is 35.5. The van der Waals surface area contributed by atoms with Crippen LogP contribution in [0.25, 0.3) is 0 Å². The van der Waals surface area contributed by atoms with Gasteiger partial charge in [-0.3, -0.25) is 19.2 Å². The number of carboxylic acid groups (broad SMARTS) is 2. The molecule has 0 spiro atoms. The van der Waals surface area contributed by atoms with E-state index < -0.39 is 47.0 Å². The van der Waals surface area contributed by atoms with Crippen LogP contribution < -0.4 is 30.7 Å². The summed E-state index contributed by atoms with van der Waals surface area (Å²) in [4.78, 5) is 75.3. The molecule has 0 saturated carbocycles. The van der Waals surface area contributed by atoms with E-state index in [2.05, 4.69) is 21.3 Å². The Morgan fingerprint density at radius 3 is 1.19 bits per heavy atom. The standard InChI is InChI=1S/C41H42Cl2N4O10S2/c1-40(2,56-30-17-13-28(14-18-30)44-34(48)24-5-9-26(42)10-6-24)38(54)46-32(36(50)51)21-58-23-59-22-33(37(52)53)47-39(55)41(3,4)57-31-19-15-29(16-20-31)45-35(49)25-7-11-27(43)12-8-25/h5-20,32-33H,21-23H2,1-4H3,(H,44,48)(H,45,49)(H,46,54)(H,47,55)(H,50,51)(H,52,53). The van der Waals surface area contributed by atoms with Crippen molar-refractivity contribution in [3.8, 4) is 11.5 Å². The van der Waals surface area contributed by atoms with E-state index in [-0.39, 0.29) is 28.4 Å². The fourth-order valence-corrected chi connectivity index (χ4v) is 7.32. The number of anilines is 2. The molecule has 4 aromatic rings. The van der Waals surface area contributed by atoms with Gasteiger partial charge in [0.1, 0.15) is 23.6 Å². The quantitative estimate of drug-likeness (QED) is 0.0389. The van der Waals surface area contributed by atoms with Crippen LogP contribution in [0, 0.1) is 0 Å². The summed E-state index contributed by atoms with van der Waals surface area (Å²) in [5.41, 5.74) is -1.17. The average Bonchev–Trinajstić information content (AvgIpc) is 3.18. The van der Waals surface area contributed by atoms with Crippen molar-refractivity contribution in [3.05, 3.63) is 118 Å². The number of hydrogen-bond acceptors (Lipinski definition) is 10. The minimum atomic E-state index is -1.48. The zero-order chi connectivity index (χ0) is 43.3. The molecule has 0 aliphatic rings. The average molecular weight is 886 g/mol. The van der Waals surface area contributed by atoms with E-state index >= 15 is 0 Å². The number of halogens is 2. The number of carboxylic acids is 2. The maximum atomic E-state index is 13.1. The predicted octanol–water partition coefficient (Wildman–Crippen LogP) is 7.08. The van der Waals surface area contributed by atoms with Crippen LogP contribution >= 0.6 is 46.7 Å². The number of nitrogens with one attached hydrogen (secondary N) is 4. The Morgan fingerprint density at radius 2 is 0.881 bits per heavy atom. The number of thioether (sulfide) groups is 2. The number of rotatable bonds is 20. The fourth-order valence-electron chi connectivity index (χ4n) is 4.91. The van der Waals surface area contributed by atoms with Crippen molar-refractivity contribution in [1.29, 1.82) is 0 Å². The first-order valence-corrected chi connectivity index (χ1v) is 20.8. The molecular weight excluding hydrogens is 844 g/mol. The van der Waals surface area contributed by atoms with Gasteiger partial charge in [0.15, 0.2) is 11.2 Å². The minimum Gasteiger partial charge on any atom is -0.480 e. The number of benzene rings is 4. The molecule has 4 rings (SSSR count). The van der Waals surface area contributed by atoms with Crippen LogP contribution in [0.1, 0.15) is 48.4 Å². The maximum Gasteiger partial charge on any atom is 0.327 e. The highest BCUT2D eigenvalue weighted by molar-refractivity contribution is 8.16. The molecular formula is C41H42Cl2N4O10S2. The molecule has 18 heteroatoms. The molecule has 4 aromatic carbocycles. The van der Waals surface area contributed by atoms with E-state index in [1.54, 1.807) is 97.1 Å². The third-order valence-electron chi connectivity index (χ3n) is 8.22. The minimum absolute atomic E-state index is 0.0409. The van der Waals surface area contributed by atoms with Crippen molar-refractivity contribution in [3.63, 3.8) is 0 Å². The first-order chi connectivity index (χ1) is 27.8. The molecule has 0 radical (unpaired) electrons. The smallest absolute Gasteiger partial charge is 0.327 e. The highest BCUT2D eigenvalue weighted by Crippen LogP contribution is 2.24. The molecule has 14 nitrogen and oxygen atoms in total. The van der Waals surface area contributed by atoms with E-state index in [9.17, 15) is 39.0 Å². The van der Waals surface area contributed by atoms with E-state index in [4.69, 9.17) is 32.7 Å². The number of ether oxygens (including phenoxy) is 2. The van der Waals surface area contributed by atoms with E-state index in [1.807, 2.05) is 0 Å². The van der Waals surface area contributed by atoms with Crippen LogP contribution in [0.4, 0.5) is 11.4 Å². The van der Waals surface area contributed by atoms with Gasteiger partial charge in [-0.2, -0.15) is 0 Å². The molecule has 0 bridgehead atoms. The molecule has 0 aliphatic heterocycles. The summed E-state index contributed by atoms with van der Waals surface area (Å²) in [6.07, 6.45) is 0. The molecule has 0 aliphatic carbocycles. The lowest BCUT2D eigenvalue weighted by molar-refractivity contribution is -0.144.